The van der Waals surface area contributed by atoms with E-state index in [1.807, 2.05) is 55.5 Å². The molecule has 0 radical (unpaired) electrons. The quantitative estimate of drug-likeness (QED) is 0.482. The Hall–Kier alpha value is -3.39. The van der Waals surface area contributed by atoms with Crippen molar-refractivity contribution in [1.82, 2.24) is 14.8 Å². The molecule has 1 fully saturated rings. The molecule has 0 bridgehead atoms. The van der Waals surface area contributed by atoms with Crippen LogP contribution in [0.2, 0.25) is 0 Å². The molecule has 0 saturated heterocycles. The van der Waals surface area contributed by atoms with Crippen molar-refractivity contribution in [3.63, 3.8) is 0 Å². The molecule has 0 atom stereocenters. The summed E-state index contributed by atoms with van der Waals surface area (Å²) in [6, 6.07) is 15.4. The molecule has 1 aliphatic rings. The maximum atomic E-state index is 12.2. The van der Waals surface area contributed by atoms with Crippen LogP contribution >= 0.6 is 0 Å². The lowest BCUT2D eigenvalue weighted by Crippen LogP contribution is -2.27. The van der Waals surface area contributed by atoms with Crippen LogP contribution in [0.15, 0.2) is 48.5 Å². The molecular weight excluding hydrogens is 408 g/mol. The van der Waals surface area contributed by atoms with Gasteiger partial charge in [0.25, 0.3) is 0 Å². The number of methoxy groups -OCH3 is 1. The van der Waals surface area contributed by atoms with Crippen molar-refractivity contribution in [2.75, 3.05) is 32.2 Å². The second-order valence-electron chi connectivity index (χ2n) is 7.57. The monoisotopic (exact) mass is 436 g/mol. The molecule has 0 aliphatic heterocycles. The molecule has 32 heavy (non-hydrogen) atoms. The Labute approximate surface area is 187 Å². The number of anilines is 1. The van der Waals surface area contributed by atoms with Crippen LogP contribution in [0, 0.1) is 5.92 Å². The first-order valence-corrected chi connectivity index (χ1v) is 10.9. The number of amides is 1. The van der Waals surface area contributed by atoms with Gasteiger partial charge in [0.1, 0.15) is 12.4 Å². The third-order valence-corrected chi connectivity index (χ3v) is 5.45. The molecule has 3 aromatic rings. The zero-order chi connectivity index (χ0) is 22.3. The first-order chi connectivity index (χ1) is 15.7. The van der Waals surface area contributed by atoms with E-state index in [-0.39, 0.29) is 17.8 Å². The highest BCUT2D eigenvalue weighted by atomic mass is 16.5. The van der Waals surface area contributed by atoms with Gasteiger partial charge in [-0.05, 0) is 68.3 Å². The van der Waals surface area contributed by atoms with E-state index in [1.165, 1.54) is 0 Å². The van der Waals surface area contributed by atoms with Crippen LogP contribution in [0.1, 0.15) is 26.2 Å². The minimum atomic E-state index is 0.0914. The number of carbonyl (C=O) groups is 1. The number of benzene rings is 2. The van der Waals surface area contributed by atoms with Crippen molar-refractivity contribution in [3.05, 3.63) is 48.5 Å². The van der Waals surface area contributed by atoms with E-state index in [9.17, 15) is 4.79 Å². The van der Waals surface area contributed by atoms with Gasteiger partial charge in [-0.3, -0.25) is 4.79 Å². The predicted molar refractivity (Wildman–Crippen MR) is 121 cm³/mol. The molecular formula is C24H28N4O4. The van der Waals surface area contributed by atoms with E-state index in [4.69, 9.17) is 14.2 Å². The predicted octanol–water partition coefficient (Wildman–Crippen LogP) is 4.10. The van der Waals surface area contributed by atoms with Gasteiger partial charge in [0.05, 0.1) is 19.4 Å². The summed E-state index contributed by atoms with van der Waals surface area (Å²) in [5, 5.41) is 7.54. The molecule has 1 heterocycles. The second-order valence-corrected chi connectivity index (χ2v) is 7.57. The molecule has 1 saturated carbocycles. The normalized spacial score (nSPS) is 13.4. The number of nitrogens with zero attached hydrogens (tertiary/aromatic N) is 3. The average molecular weight is 437 g/mol. The Morgan fingerprint density at radius 1 is 1.09 bits per heavy atom. The molecule has 4 rings (SSSR count). The maximum Gasteiger partial charge on any atom is 0.336 e. The van der Waals surface area contributed by atoms with Crippen molar-refractivity contribution < 1.29 is 19.0 Å². The van der Waals surface area contributed by atoms with E-state index in [1.54, 1.807) is 11.8 Å². The summed E-state index contributed by atoms with van der Waals surface area (Å²) < 4.78 is 18.0. The Bertz CT molecular complexity index is 1030. The fourth-order valence-corrected chi connectivity index (χ4v) is 3.40. The lowest BCUT2D eigenvalue weighted by atomic mass is 9.85. The third kappa shape index (κ3) is 5.08. The van der Waals surface area contributed by atoms with E-state index in [0.29, 0.717) is 25.6 Å². The van der Waals surface area contributed by atoms with Crippen molar-refractivity contribution >= 4 is 11.6 Å². The highest BCUT2D eigenvalue weighted by molar-refractivity contribution is 5.93. The summed E-state index contributed by atoms with van der Waals surface area (Å²) in [5.74, 6) is 1.64. The van der Waals surface area contributed by atoms with Gasteiger partial charge >= 0.3 is 6.01 Å². The van der Waals surface area contributed by atoms with Gasteiger partial charge in [-0.15, -0.1) is 5.10 Å². The van der Waals surface area contributed by atoms with Crippen LogP contribution in [-0.2, 0) is 9.53 Å². The maximum absolute atomic E-state index is 12.2. The lowest BCUT2D eigenvalue weighted by molar-refractivity contribution is -0.122. The number of aromatic nitrogens is 3. The van der Waals surface area contributed by atoms with Gasteiger partial charge in [0.2, 0.25) is 5.91 Å². The van der Waals surface area contributed by atoms with Gasteiger partial charge in [-0.25, -0.2) is 4.68 Å². The smallest absolute Gasteiger partial charge is 0.336 e. The number of rotatable bonds is 10. The van der Waals surface area contributed by atoms with Crippen LogP contribution in [-0.4, -0.2) is 47.6 Å². The molecule has 1 amide bonds. The van der Waals surface area contributed by atoms with E-state index in [0.717, 1.165) is 42.0 Å². The number of ether oxygens (including phenoxy) is 3. The van der Waals surface area contributed by atoms with Gasteiger partial charge in [0.15, 0.2) is 5.82 Å². The van der Waals surface area contributed by atoms with Gasteiger partial charge in [-0.2, -0.15) is 4.98 Å². The molecule has 2 aromatic carbocycles. The van der Waals surface area contributed by atoms with Crippen molar-refractivity contribution in [2.24, 2.45) is 5.92 Å². The summed E-state index contributed by atoms with van der Waals surface area (Å²) in [7, 11) is 1.63. The van der Waals surface area contributed by atoms with Crippen LogP contribution in [0.25, 0.3) is 17.1 Å². The molecule has 0 unspecified atom stereocenters. The summed E-state index contributed by atoms with van der Waals surface area (Å²) in [5.41, 5.74) is 2.45. The van der Waals surface area contributed by atoms with Gasteiger partial charge in [0, 0.05) is 23.8 Å². The van der Waals surface area contributed by atoms with Gasteiger partial charge in [-0.1, -0.05) is 6.42 Å². The highest BCUT2D eigenvalue weighted by Crippen LogP contribution is 2.29. The Morgan fingerprint density at radius 3 is 2.47 bits per heavy atom. The fourth-order valence-electron chi connectivity index (χ4n) is 3.40. The first-order valence-electron chi connectivity index (χ1n) is 10.9. The minimum absolute atomic E-state index is 0.0914. The number of carbonyl (C=O) groups excluding carboxylic acids is 1. The molecule has 8 heteroatoms. The Balaban J connectivity index is 1.57. The lowest BCUT2D eigenvalue weighted by Gasteiger charge is -2.24. The van der Waals surface area contributed by atoms with Crippen molar-refractivity contribution in [3.8, 4) is 28.8 Å². The number of hydrogen-bond donors (Lipinski definition) is 1. The summed E-state index contributed by atoms with van der Waals surface area (Å²) >= 11 is 0. The molecule has 1 aliphatic carbocycles. The number of hydrogen-bond acceptors (Lipinski definition) is 6. The first kappa shape index (κ1) is 21.8. The number of nitrogens with one attached hydrogen (secondary N) is 1. The molecule has 168 valence electrons. The summed E-state index contributed by atoms with van der Waals surface area (Å²) in [4.78, 5) is 16.8. The second kappa shape index (κ2) is 10.3. The van der Waals surface area contributed by atoms with Crippen LogP contribution in [0.4, 0.5) is 5.69 Å². The molecule has 1 aromatic heterocycles. The zero-order valence-corrected chi connectivity index (χ0v) is 18.4. The van der Waals surface area contributed by atoms with Crippen molar-refractivity contribution in [2.45, 2.75) is 26.2 Å². The molecule has 8 nitrogen and oxygen atoms in total. The largest absolute Gasteiger partial charge is 0.497 e. The zero-order valence-electron chi connectivity index (χ0n) is 18.4. The minimum Gasteiger partial charge on any atom is -0.497 e. The highest BCUT2D eigenvalue weighted by Gasteiger charge is 2.25. The standard InChI is InChI=1S/C24H28N4O4/c1-3-31-15-16-32-24-26-22(17-7-13-21(30-2)14-8-17)28(27-24)20-11-9-19(10-12-20)25-23(29)18-5-4-6-18/h7-14,18H,3-6,15-16H2,1-2H3,(H,25,29). The SMILES string of the molecule is CCOCCOc1nc(-c2ccc(OC)cc2)n(-c2ccc(NC(=O)C3CCC3)cc2)n1. The summed E-state index contributed by atoms with van der Waals surface area (Å²) in [6.07, 6.45) is 3.08. The van der Waals surface area contributed by atoms with Crippen LogP contribution in [0.3, 0.4) is 0 Å². The molecule has 1 N–H and O–H groups in total. The average Bonchev–Trinajstić information content (AvgIpc) is 3.20. The third-order valence-electron chi connectivity index (χ3n) is 5.45. The van der Waals surface area contributed by atoms with Crippen LogP contribution < -0.4 is 14.8 Å². The van der Waals surface area contributed by atoms with E-state index in [2.05, 4.69) is 15.4 Å². The Kier molecular flexibility index (Phi) is 7.01. The Morgan fingerprint density at radius 2 is 1.84 bits per heavy atom. The summed E-state index contributed by atoms with van der Waals surface area (Å²) in [6.45, 7) is 3.41. The van der Waals surface area contributed by atoms with Crippen molar-refractivity contribution in [1.29, 1.82) is 0 Å². The molecule has 0 spiro atoms. The van der Waals surface area contributed by atoms with E-state index >= 15 is 0 Å². The van der Waals surface area contributed by atoms with Crippen LogP contribution in [0.5, 0.6) is 11.8 Å². The van der Waals surface area contributed by atoms with E-state index < -0.39 is 0 Å². The fraction of sp³-hybridized carbons (Fsp3) is 0.375. The van der Waals surface area contributed by atoms with Gasteiger partial charge < -0.3 is 19.5 Å². The topological polar surface area (TPSA) is 87.5 Å².